The molecule has 0 atom stereocenters. The zero-order chi connectivity index (χ0) is 12.5. The van der Waals surface area contributed by atoms with E-state index in [0.29, 0.717) is 0 Å². The Kier molecular flexibility index (Phi) is 5.06. The zero-order valence-electron chi connectivity index (χ0n) is 8.41. The number of sulfone groups is 1. The molecule has 9 heteroatoms. The van der Waals surface area contributed by atoms with Gasteiger partial charge in [0.2, 0.25) is 0 Å². The van der Waals surface area contributed by atoms with Crippen LogP contribution in [0, 0.1) is 10.1 Å². The maximum Gasteiger partial charge on any atom is 0.282 e. The number of benzene rings is 1. The number of nitro benzene ring substituents is 1. The summed E-state index contributed by atoms with van der Waals surface area (Å²) in [5.41, 5.74) is -0.956. The van der Waals surface area contributed by atoms with Crippen LogP contribution in [0.15, 0.2) is 23.1 Å². The Labute approximate surface area is 108 Å². The van der Waals surface area contributed by atoms with E-state index >= 15 is 0 Å². The highest BCUT2D eigenvalue weighted by Crippen LogP contribution is 2.24. The fourth-order valence-corrected chi connectivity index (χ4v) is 1.86. The van der Waals surface area contributed by atoms with Gasteiger partial charge in [0.25, 0.3) is 10.9 Å². The van der Waals surface area contributed by atoms with Crippen LogP contribution >= 0.6 is 24.0 Å². The van der Waals surface area contributed by atoms with Crippen LogP contribution in [0.4, 0.5) is 5.69 Å². The first kappa shape index (κ1) is 15.8. The lowest BCUT2D eigenvalue weighted by molar-refractivity contribution is -0.385. The molecule has 1 aromatic carbocycles. The van der Waals surface area contributed by atoms with Gasteiger partial charge >= 0.3 is 0 Å². The van der Waals surface area contributed by atoms with E-state index in [1.165, 1.54) is 0 Å². The van der Waals surface area contributed by atoms with E-state index in [0.717, 1.165) is 24.5 Å². The van der Waals surface area contributed by atoms with Crippen molar-refractivity contribution in [2.45, 2.75) is 4.90 Å². The second-order valence-corrected chi connectivity index (χ2v) is 5.34. The lowest BCUT2D eigenvalue weighted by Gasteiger charge is -2.01. The molecule has 6 nitrogen and oxygen atoms in total. The number of nitro groups is 1. The van der Waals surface area contributed by atoms with Crippen LogP contribution in [0.2, 0.25) is 0 Å². The van der Waals surface area contributed by atoms with Crippen LogP contribution in [0.5, 0.6) is 0 Å². The van der Waals surface area contributed by atoms with E-state index in [1.54, 1.807) is 0 Å². The minimum Gasteiger partial charge on any atom is -0.275 e. The Morgan fingerprint density at radius 1 is 1.41 bits per heavy atom. The number of carbonyl (C=O) groups excluding carboxylic acids is 1. The van der Waals surface area contributed by atoms with Gasteiger partial charge in [-0.2, -0.15) is 0 Å². The molecule has 0 fully saturated rings. The minimum absolute atomic E-state index is 0. The highest BCUT2D eigenvalue weighted by Gasteiger charge is 2.21. The topological polar surface area (TPSA) is 94.3 Å². The van der Waals surface area contributed by atoms with Gasteiger partial charge < -0.3 is 0 Å². The van der Waals surface area contributed by atoms with Crippen LogP contribution < -0.4 is 0 Å². The third kappa shape index (κ3) is 3.65. The molecule has 1 aromatic rings. The van der Waals surface area contributed by atoms with Gasteiger partial charge in [0.05, 0.1) is 9.82 Å². The van der Waals surface area contributed by atoms with Crippen molar-refractivity contribution in [3.8, 4) is 0 Å². The fourth-order valence-electron chi connectivity index (χ4n) is 1.06. The predicted molar refractivity (Wildman–Crippen MR) is 63.6 cm³/mol. The molecule has 94 valence electrons. The lowest BCUT2D eigenvalue weighted by atomic mass is 10.2. The maximum atomic E-state index is 11.1. The van der Waals surface area contributed by atoms with E-state index in [-0.39, 0.29) is 22.9 Å². The number of halogens is 2. The van der Waals surface area contributed by atoms with Crippen molar-refractivity contribution in [1.29, 1.82) is 0 Å². The third-order valence-electron chi connectivity index (χ3n) is 1.81. The molecule has 0 unspecified atom stereocenters. The van der Waals surface area contributed by atoms with Gasteiger partial charge in [0.15, 0.2) is 9.84 Å². The van der Waals surface area contributed by atoms with E-state index in [1.807, 2.05) is 0 Å². The SMILES string of the molecule is CS(=O)(=O)c1ccc(C(=O)Cl)c([N+](=O)[O-])c1.Cl. The largest absolute Gasteiger partial charge is 0.282 e. The average Bonchev–Trinajstić information content (AvgIpc) is 2.15. The van der Waals surface area contributed by atoms with Crippen molar-refractivity contribution in [1.82, 2.24) is 0 Å². The number of hydrogen-bond donors (Lipinski definition) is 0. The predicted octanol–water partition coefficient (Wildman–Crippen LogP) is 1.80. The van der Waals surface area contributed by atoms with E-state index in [2.05, 4.69) is 0 Å². The van der Waals surface area contributed by atoms with Gasteiger partial charge in [-0.1, -0.05) is 0 Å². The summed E-state index contributed by atoms with van der Waals surface area (Å²) < 4.78 is 22.3. The molecule has 0 saturated carbocycles. The maximum absolute atomic E-state index is 11.1. The molecule has 0 amide bonds. The van der Waals surface area contributed by atoms with Crippen LogP contribution in [0.3, 0.4) is 0 Å². The molecular formula is C8H7Cl2NO5S. The molecule has 0 saturated heterocycles. The van der Waals surface area contributed by atoms with Crippen molar-refractivity contribution >= 4 is 44.8 Å². The van der Waals surface area contributed by atoms with Crippen LogP contribution in [0.25, 0.3) is 0 Å². The molecule has 0 bridgehead atoms. The van der Waals surface area contributed by atoms with E-state index in [4.69, 9.17) is 11.6 Å². The molecule has 0 spiro atoms. The quantitative estimate of drug-likeness (QED) is 0.482. The molecule has 0 heterocycles. The first-order valence-electron chi connectivity index (χ1n) is 3.92. The van der Waals surface area contributed by atoms with Crippen LogP contribution in [-0.4, -0.2) is 24.8 Å². The molecule has 0 aliphatic rings. The molecule has 17 heavy (non-hydrogen) atoms. The Morgan fingerprint density at radius 2 is 1.94 bits per heavy atom. The number of hydrogen-bond acceptors (Lipinski definition) is 5. The summed E-state index contributed by atoms with van der Waals surface area (Å²) >= 11 is 5.13. The first-order chi connectivity index (χ1) is 7.23. The minimum atomic E-state index is -3.56. The van der Waals surface area contributed by atoms with Crippen LogP contribution in [-0.2, 0) is 9.84 Å². The smallest absolute Gasteiger partial charge is 0.275 e. The summed E-state index contributed by atoms with van der Waals surface area (Å²) in [5, 5.41) is 9.60. The summed E-state index contributed by atoms with van der Waals surface area (Å²) in [4.78, 5) is 20.4. The normalized spacial score (nSPS) is 10.5. The third-order valence-corrected chi connectivity index (χ3v) is 3.12. The van der Waals surface area contributed by atoms with Gasteiger partial charge in [-0.25, -0.2) is 8.42 Å². The van der Waals surface area contributed by atoms with E-state index in [9.17, 15) is 23.3 Å². The molecule has 0 aliphatic heterocycles. The fraction of sp³-hybridized carbons (Fsp3) is 0.125. The molecule has 0 aliphatic carbocycles. The number of rotatable bonds is 3. The summed E-state index contributed by atoms with van der Waals surface area (Å²) in [6.07, 6.45) is 0.911. The summed E-state index contributed by atoms with van der Waals surface area (Å²) in [6, 6.07) is 2.92. The monoisotopic (exact) mass is 299 g/mol. The molecule has 0 N–H and O–H groups in total. The average molecular weight is 300 g/mol. The van der Waals surface area contributed by atoms with Crippen molar-refractivity contribution in [3.63, 3.8) is 0 Å². The summed E-state index contributed by atoms with van der Waals surface area (Å²) in [7, 11) is -3.56. The van der Waals surface area contributed by atoms with Crippen molar-refractivity contribution < 1.29 is 18.1 Å². The second-order valence-electron chi connectivity index (χ2n) is 2.98. The Morgan fingerprint density at radius 3 is 2.29 bits per heavy atom. The van der Waals surface area contributed by atoms with Gasteiger partial charge in [0.1, 0.15) is 5.56 Å². The van der Waals surface area contributed by atoms with Crippen molar-refractivity contribution in [2.75, 3.05) is 6.26 Å². The summed E-state index contributed by atoms with van der Waals surface area (Å²) in [6.45, 7) is 0. The molecule has 0 radical (unpaired) electrons. The van der Waals surface area contributed by atoms with Crippen molar-refractivity contribution in [3.05, 3.63) is 33.9 Å². The van der Waals surface area contributed by atoms with Gasteiger partial charge in [0, 0.05) is 12.3 Å². The second kappa shape index (κ2) is 5.44. The van der Waals surface area contributed by atoms with Gasteiger partial charge in [-0.05, 0) is 23.7 Å². The Balaban J connectivity index is 0.00000256. The molecule has 1 rings (SSSR count). The Bertz CT molecular complexity index is 569. The van der Waals surface area contributed by atoms with Crippen LogP contribution in [0.1, 0.15) is 10.4 Å². The van der Waals surface area contributed by atoms with Crippen molar-refractivity contribution in [2.24, 2.45) is 0 Å². The number of carbonyl (C=O) groups is 1. The van der Waals surface area contributed by atoms with E-state index < -0.39 is 25.7 Å². The zero-order valence-corrected chi connectivity index (χ0v) is 10.8. The van der Waals surface area contributed by atoms with Gasteiger partial charge in [-0.3, -0.25) is 14.9 Å². The highest BCUT2D eigenvalue weighted by atomic mass is 35.5. The number of nitrogens with zero attached hydrogens (tertiary/aromatic N) is 1. The van der Waals surface area contributed by atoms with Gasteiger partial charge in [-0.15, -0.1) is 12.4 Å². The lowest BCUT2D eigenvalue weighted by Crippen LogP contribution is -2.03. The standard InChI is InChI=1S/C8H6ClNO5S.ClH/c1-16(14,15)5-2-3-6(8(9)11)7(4-5)10(12)13;/h2-4H,1H3;1H. The molecular weight excluding hydrogens is 293 g/mol. The molecule has 0 aromatic heterocycles. The Hall–Kier alpha value is -1.18. The first-order valence-corrected chi connectivity index (χ1v) is 6.18. The summed E-state index contributed by atoms with van der Waals surface area (Å²) in [5.74, 6) is 0. The highest BCUT2D eigenvalue weighted by molar-refractivity contribution is 7.90.